The van der Waals surface area contributed by atoms with Gasteiger partial charge in [0.15, 0.2) is 11.5 Å². The Labute approximate surface area is 176 Å². The van der Waals surface area contributed by atoms with Gasteiger partial charge in [-0.3, -0.25) is 14.9 Å². The van der Waals surface area contributed by atoms with E-state index in [1.165, 1.54) is 34.4 Å². The molecule has 7 nitrogen and oxygen atoms in total. The molecule has 0 aromatic heterocycles. The number of carbonyl (C=O) groups excluding carboxylic acids is 1. The highest BCUT2D eigenvalue weighted by Gasteiger charge is 2.26. The molecule has 0 saturated heterocycles. The van der Waals surface area contributed by atoms with Crippen LogP contribution < -0.4 is 14.8 Å². The van der Waals surface area contributed by atoms with E-state index in [1.54, 1.807) is 0 Å². The van der Waals surface area contributed by atoms with E-state index < -0.39 is 10.8 Å². The Morgan fingerprint density at radius 3 is 2.17 bits per heavy atom. The molecule has 0 aliphatic carbocycles. The molecular weight excluding hydrogens is 384 g/mol. The molecule has 2 aromatic carbocycles. The summed E-state index contributed by atoms with van der Waals surface area (Å²) in [6, 6.07) is 7.02. The van der Waals surface area contributed by atoms with E-state index in [9.17, 15) is 14.9 Å². The zero-order valence-corrected chi connectivity index (χ0v) is 18.1. The van der Waals surface area contributed by atoms with Gasteiger partial charge in [-0.05, 0) is 47.9 Å². The number of aryl methyl sites for hydroxylation is 2. The number of rotatable bonds is 5. The Bertz CT molecular complexity index is 969. The van der Waals surface area contributed by atoms with Gasteiger partial charge in [0.25, 0.3) is 11.6 Å². The Morgan fingerprint density at radius 1 is 1.07 bits per heavy atom. The molecule has 1 aliphatic rings. The largest absolute Gasteiger partial charge is 0.486 e. The summed E-state index contributed by atoms with van der Waals surface area (Å²) in [4.78, 5) is 23.6. The maximum Gasteiger partial charge on any atom is 0.286 e. The second-order valence-electron chi connectivity index (χ2n) is 8.61. The van der Waals surface area contributed by atoms with Crippen LogP contribution in [0.4, 0.5) is 5.69 Å². The molecule has 0 fully saturated rings. The van der Waals surface area contributed by atoms with Crippen molar-refractivity contribution in [1.82, 2.24) is 5.32 Å². The van der Waals surface area contributed by atoms with Crippen molar-refractivity contribution in [3.63, 3.8) is 0 Å². The highest BCUT2D eigenvalue weighted by Crippen LogP contribution is 2.36. The zero-order chi connectivity index (χ0) is 22.1. The fourth-order valence-corrected chi connectivity index (χ4v) is 3.63. The summed E-state index contributed by atoms with van der Waals surface area (Å²) in [6.07, 6.45) is 0.645. The van der Waals surface area contributed by atoms with Crippen LogP contribution in [0, 0.1) is 24.0 Å². The first-order valence-corrected chi connectivity index (χ1v) is 10.0. The van der Waals surface area contributed by atoms with Crippen LogP contribution in [-0.2, 0) is 11.8 Å². The fraction of sp³-hybridized carbons (Fsp3) is 0.435. The lowest BCUT2D eigenvalue weighted by atomic mass is 9.83. The lowest BCUT2D eigenvalue weighted by Crippen LogP contribution is -2.27. The summed E-state index contributed by atoms with van der Waals surface area (Å²) in [5.41, 5.74) is 4.56. The van der Waals surface area contributed by atoms with Crippen molar-refractivity contribution in [3.8, 4) is 11.5 Å². The van der Waals surface area contributed by atoms with E-state index >= 15 is 0 Å². The van der Waals surface area contributed by atoms with Crippen LogP contribution in [0.25, 0.3) is 0 Å². The molecule has 0 atom stereocenters. The van der Waals surface area contributed by atoms with Crippen LogP contribution in [0.15, 0.2) is 24.3 Å². The highest BCUT2D eigenvalue weighted by molar-refractivity contribution is 5.99. The lowest BCUT2D eigenvalue weighted by Gasteiger charge is -2.22. The molecule has 1 heterocycles. The first-order valence-electron chi connectivity index (χ1n) is 10.0. The topological polar surface area (TPSA) is 90.7 Å². The smallest absolute Gasteiger partial charge is 0.286 e. The number of hydrogen-bond donors (Lipinski definition) is 1. The highest BCUT2D eigenvalue weighted by atomic mass is 16.6. The number of carbonyl (C=O) groups is 1. The number of benzene rings is 2. The molecule has 160 valence electrons. The van der Waals surface area contributed by atoms with Gasteiger partial charge in [0.05, 0.1) is 11.0 Å². The van der Waals surface area contributed by atoms with E-state index in [4.69, 9.17) is 9.47 Å². The number of nitro benzene ring substituents is 1. The monoisotopic (exact) mass is 412 g/mol. The van der Waals surface area contributed by atoms with Gasteiger partial charge in [-0.15, -0.1) is 0 Å². The molecular formula is C23H28N2O5. The van der Waals surface area contributed by atoms with E-state index in [0.717, 1.165) is 0 Å². The molecule has 1 N–H and O–H groups in total. The quantitative estimate of drug-likeness (QED) is 0.585. The Kier molecular flexibility index (Phi) is 6.01. The molecule has 1 aliphatic heterocycles. The maximum atomic E-state index is 12.7. The Hall–Kier alpha value is -3.09. The van der Waals surface area contributed by atoms with Crippen molar-refractivity contribution in [2.24, 2.45) is 0 Å². The predicted molar refractivity (Wildman–Crippen MR) is 115 cm³/mol. The van der Waals surface area contributed by atoms with Crippen LogP contribution in [-0.4, -0.2) is 30.6 Å². The standard InChI is InChI=1S/C23H28N2O5/c1-14-10-16(23(3,4)5)11-15(2)17(14)6-7-24-22(26)18-12-20-21(30-9-8-29-20)13-19(18)25(27)28/h10-13H,6-9H2,1-5H3,(H,24,26). The third kappa shape index (κ3) is 4.56. The molecule has 2 aromatic rings. The SMILES string of the molecule is Cc1cc(C(C)(C)C)cc(C)c1CCNC(=O)c1cc2c(cc1[N+](=O)[O-])OCCO2. The van der Waals surface area contributed by atoms with Gasteiger partial charge in [-0.2, -0.15) is 0 Å². The summed E-state index contributed by atoms with van der Waals surface area (Å²) in [5.74, 6) is 0.136. The van der Waals surface area contributed by atoms with Gasteiger partial charge >= 0.3 is 0 Å². The fourth-order valence-electron chi connectivity index (χ4n) is 3.63. The Morgan fingerprint density at radius 2 is 1.63 bits per heavy atom. The average Bonchev–Trinajstić information content (AvgIpc) is 2.67. The average molecular weight is 412 g/mol. The number of nitro groups is 1. The molecule has 0 radical (unpaired) electrons. The van der Waals surface area contributed by atoms with Crippen molar-refractivity contribution >= 4 is 11.6 Å². The second kappa shape index (κ2) is 8.34. The molecule has 30 heavy (non-hydrogen) atoms. The van der Waals surface area contributed by atoms with E-state index in [0.29, 0.717) is 31.9 Å². The van der Waals surface area contributed by atoms with Gasteiger partial charge < -0.3 is 14.8 Å². The number of nitrogens with one attached hydrogen (secondary N) is 1. The molecule has 1 amide bonds. The molecule has 0 saturated carbocycles. The third-order valence-corrected chi connectivity index (χ3v) is 5.32. The van der Waals surface area contributed by atoms with Gasteiger partial charge in [-0.1, -0.05) is 32.9 Å². The maximum absolute atomic E-state index is 12.7. The van der Waals surface area contributed by atoms with Crippen molar-refractivity contribution in [2.45, 2.75) is 46.5 Å². The summed E-state index contributed by atoms with van der Waals surface area (Å²) in [6.45, 7) is 11.7. The van der Waals surface area contributed by atoms with Crippen LogP contribution in [0.2, 0.25) is 0 Å². The summed E-state index contributed by atoms with van der Waals surface area (Å²) in [5, 5.41) is 14.2. The van der Waals surface area contributed by atoms with Gasteiger partial charge in [0.1, 0.15) is 18.8 Å². The van der Waals surface area contributed by atoms with Gasteiger partial charge in [-0.25, -0.2) is 0 Å². The minimum absolute atomic E-state index is 0.0271. The van der Waals surface area contributed by atoms with Crippen LogP contribution >= 0.6 is 0 Å². The number of amides is 1. The van der Waals surface area contributed by atoms with Gasteiger partial charge in [0, 0.05) is 12.6 Å². The van der Waals surface area contributed by atoms with E-state index in [-0.39, 0.29) is 22.4 Å². The summed E-state index contributed by atoms with van der Waals surface area (Å²) < 4.78 is 10.9. The van der Waals surface area contributed by atoms with Crippen molar-refractivity contribution < 1.29 is 19.2 Å². The first-order chi connectivity index (χ1) is 14.1. The summed E-state index contributed by atoms with van der Waals surface area (Å²) in [7, 11) is 0. The van der Waals surface area contributed by atoms with Crippen molar-refractivity contribution in [3.05, 3.63) is 62.2 Å². The predicted octanol–water partition coefficient (Wildman–Crippen LogP) is 4.25. The molecule has 0 spiro atoms. The van der Waals surface area contributed by atoms with Crippen molar-refractivity contribution in [2.75, 3.05) is 19.8 Å². The number of ether oxygens (including phenoxy) is 2. The number of fused-ring (bicyclic) bond motifs is 1. The molecule has 0 unspecified atom stereocenters. The number of hydrogen-bond acceptors (Lipinski definition) is 5. The normalized spacial score (nSPS) is 13.1. The molecule has 7 heteroatoms. The second-order valence-corrected chi connectivity index (χ2v) is 8.61. The zero-order valence-electron chi connectivity index (χ0n) is 18.1. The van der Waals surface area contributed by atoms with Crippen LogP contribution in [0.1, 0.15) is 53.4 Å². The van der Waals surface area contributed by atoms with Crippen molar-refractivity contribution in [1.29, 1.82) is 0 Å². The molecule has 0 bridgehead atoms. The van der Waals surface area contributed by atoms with Crippen LogP contribution in [0.5, 0.6) is 11.5 Å². The third-order valence-electron chi connectivity index (χ3n) is 5.32. The lowest BCUT2D eigenvalue weighted by molar-refractivity contribution is -0.385. The van der Waals surface area contributed by atoms with Crippen LogP contribution in [0.3, 0.4) is 0 Å². The minimum Gasteiger partial charge on any atom is -0.486 e. The van der Waals surface area contributed by atoms with E-state index in [1.807, 2.05) is 0 Å². The van der Waals surface area contributed by atoms with Gasteiger partial charge in [0.2, 0.25) is 0 Å². The number of nitrogens with zero attached hydrogens (tertiary/aromatic N) is 1. The molecule has 3 rings (SSSR count). The summed E-state index contributed by atoms with van der Waals surface area (Å²) >= 11 is 0. The van der Waals surface area contributed by atoms with E-state index in [2.05, 4.69) is 52.1 Å². The Balaban J connectivity index is 1.75. The minimum atomic E-state index is -0.577. The first kappa shape index (κ1) is 21.6.